The Morgan fingerprint density at radius 1 is 1.44 bits per heavy atom. The number of hydrogen-bond donors (Lipinski definition) is 3. The number of rotatable bonds is 7. The van der Waals surface area contributed by atoms with Crippen LogP contribution in [-0.2, 0) is 9.53 Å². The maximum absolute atomic E-state index is 10.6. The second kappa shape index (κ2) is 7.23. The number of aldehydes is 1. The summed E-state index contributed by atoms with van der Waals surface area (Å²) in [7, 11) is 0. The van der Waals surface area contributed by atoms with Crippen molar-refractivity contribution in [3.63, 3.8) is 0 Å². The van der Waals surface area contributed by atoms with Gasteiger partial charge in [0.2, 0.25) is 0 Å². The van der Waals surface area contributed by atoms with Crippen LogP contribution in [0.3, 0.4) is 0 Å². The van der Waals surface area contributed by atoms with Gasteiger partial charge in [0, 0.05) is 5.57 Å². The summed E-state index contributed by atoms with van der Waals surface area (Å²) in [4.78, 5) is 10.6. The van der Waals surface area contributed by atoms with E-state index in [4.69, 9.17) is 9.84 Å². The maximum Gasteiger partial charge on any atom is 0.150 e. The van der Waals surface area contributed by atoms with Crippen molar-refractivity contribution in [1.29, 1.82) is 0 Å². The molecule has 0 amide bonds. The fourth-order valence-electron chi connectivity index (χ4n) is 1.52. The number of allylic oxidation sites excluding steroid dienone is 5. The molecule has 5 nitrogen and oxygen atoms in total. The first kappa shape index (κ1) is 14.8. The van der Waals surface area contributed by atoms with Crippen LogP contribution in [0.4, 0.5) is 0 Å². The van der Waals surface area contributed by atoms with Crippen LogP contribution in [0, 0.1) is 0 Å². The summed E-state index contributed by atoms with van der Waals surface area (Å²) in [5.41, 5.74) is 0.464. The molecule has 5 heteroatoms. The van der Waals surface area contributed by atoms with E-state index in [1.54, 1.807) is 19.1 Å². The highest BCUT2D eigenvalue weighted by atomic mass is 16.6. The van der Waals surface area contributed by atoms with E-state index in [0.717, 1.165) is 0 Å². The van der Waals surface area contributed by atoms with E-state index in [2.05, 4.69) is 0 Å². The van der Waals surface area contributed by atoms with Crippen molar-refractivity contribution in [3.8, 4) is 0 Å². The van der Waals surface area contributed by atoms with Crippen LogP contribution >= 0.6 is 0 Å². The smallest absolute Gasteiger partial charge is 0.150 e. The number of aliphatic hydroxyl groups excluding tert-OH is 3. The average Bonchev–Trinajstić information content (AvgIpc) is 3.16. The average molecular weight is 254 g/mol. The molecule has 0 aromatic rings. The fraction of sp³-hybridized carbons (Fsp3) is 0.462. The van der Waals surface area contributed by atoms with Crippen molar-refractivity contribution in [3.05, 3.63) is 36.0 Å². The van der Waals surface area contributed by atoms with Crippen LogP contribution in [0.25, 0.3) is 0 Å². The van der Waals surface area contributed by atoms with Gasteiger partial charge in [0.15, 0.2) is 0 Å². The third kappa shape index (κ3) is 4.19. The minimum Gasteiger partial charge on any atom is -0.394 e. The fourth-order valence-corrected chi connectivity index (χ4v) is 1.52. The van der Waals surface area contributed by atoms with Gasteiger partial charge in [0.05, 0.1) is 6.61 Å². The highest BCUT2D eigenvalue weighted by Crippen LogP contribution is 2.26. The molecule has 1 aliphatic rings. The molecule has 2 unspecified atom stereocenters. The van der Waals surface area contributed by atoms with Gasteiger partial charge >= 0.3 is 0 Å². The van der Waals surface area contributed by atoms with Crippen molar-refractivity contribution in [1.82, 2.24) is 0 Å². The number of ether oxygens (including phenoxy) is 1. The van der Waals surface area contributed by atoms with Crippen molar-refractivity contribution in [2.75, 3.05) is 6.61 Å². The van der Waals surface area contributed by atoms with Gasteiger partial charge in [-0.15, -0.1) is 0 Å². The van der Waals surface area contributed by atoms with Gasteiger partial charge in [0.1, 0.15) is 30.7 Å². The summed E-state index contributed by atoms with van der Waals surface area (Å²) in [5, 5.41) is 28.0. The Morgan fingerprint density at radius 2 is 2.17 bits per heavy atom. The summed E-state index contributed by atoms with van der Waals surface area (Å²) in [6.45, 7) is 1.62. The van der Waals surface area contributed by atoms with Gasteiger partial charge in [-0.2, -0.15) is 0 Å². The number of hydrogen-bond acceptors (Lipinski definition) is 5. The van der Waals surface area contributed by atoms with Crippen LogP contribution in [0.15, 0.2) is 36.0 Å². The Kier molecular flexibility index (Phi) is 5.94. The van der Waals surface area contributed by atoms with Gasteiger partial charge in [0.25, 0.3) is 0 Å². The summed E-state index contributed by atoms with van der Waals surface area (Å²) in [6, 6.07) is 0. The topological polar surface area (TPSA) is 90.3 Å². The molecule has 0 aromatic carbocycles. The molecule has 1 saturated heterocycles. The first-order chi connectivity index (χ1) is 8.63. The molecule has 4 atom stereocenters. The van der Waals surface area contributed by atoms with Crippen LogP contribution in [0.2, 0.25) is 0 Å². The number of epoxide rings is 1. The van der Waals surface area contributed by atoms with Crippen LogP contribution in [0.1, 0.15) is 6.92 Å². The summed E-state index contributed by atoms with van der Waals surface area (Å²) >= 11 is 0. The van der Waals surface area contributed by atoms with Crippen LogP contribution in [-0.4, -0.2) is 52.6 Å². The third-order valence-electron chi connectivity index (χ3n) is 2.58. The largest absolute Gasteiger partial charge is 0.394 e. The molecular weight excluding hydrogens is 236 g/mol. The molecular formula is C13H18O5. The molecule has 1 aliphatic heterocycles. The first-order valence-corrected chi connectivity index (χ1v) is 5.72. The van der Waals surface area contributed by atoms with E-state index >= 15 is 0 Å². The molecule has 1 heterocycles. The number of aliphatic hydroxyl groups is 3. The van der Waals surface area contributed by atoms with Crippen LogP contribution in [0.5, 0.6) is 0 Å². The molecule has 18 heavy (non-hydrogen) atoms. The Bertz CT molecular complexity index is 358. The molecule has 0 radical (unpaired) electrons. The Hall–Kier alpha value is -1.27. The van der Waals surface area contributed by atoms with E-state index in [1.165, 1.54) is 18.2 Å². The summed E-state index contributed by atoms with van der Waals surface area (Å²) in [6.07, 6.45) is 5.34. The minimum absolute atomic E-state index is 0.172. The Labute approximate surface area is 106 Å². The molecule has 0 aliphatic carbocycles. The Morgan fingerprint density at radius 3 is 2.67 bits per heavy atom. The molecule has 3 N–H and O–H groups in total. The van der Waals surface area contributed by atoms with Gasteiger partial charge < -0.3 is 20.1 Å². The summed E-state index contributed by atoms with van der Waals surface area (Å²) < 4.78 is 4.96. The zero-order chi connectivity index (χ0) is 13.5. The molecule has 0 saturated carbocycles. The lowest BCUT2D eigenvalue weighted by molar-refractivity contribution is -0.104. The van der Waals surface area contributed by atoms with Gasteiger partial charge in [-0.25, -0.2) is 0 Å². The lowest BCUT2D eigenvalue weighted by Crippen LogP contribution is -2.30. The predicted molar refractivity (Wildman–Crippen MR) is 65.9 cm³/mol. The van der Waals surface area contributed by atoms with Crippen molar-refractivity contribution in [2.45, 2.75) is 31.3 Å². The van der Waals surface area contributed by atoms with Gasteiger partial charge in [-0.3, -0.25) is 4.79 Å². The minimum atomic E-state index is -1.10. The molecule has 0 spiro atoms. The second-order valence-corrected chi connectivity index (χ2v) is 3.97. The zero-order valence-electron chi connectivity index (χ0n) is 10.1. The van der Waals surface area contributed by atoms with Crippen LogP contribution < -0.4 is 0 Å². The molecule has 1 fully saturated rings. The normalized spacial score (nSPS) is 27.7. The first-order valence-electron chi connectivity index (χ1n) is 5.72. The second-order valence-electron chi connectivity index (χ2n) is 3.97. The van der Waals surface area contributed by atoms with E-state index < -0.39 is 24.4 Å². The van der Waals surface area contributed by atoms with Gasteiger partial charge in [-0.05, 0) is 6.92 Å². The SMILES string of the molecule is C/C=C/C(C=O)=C/C=C/C(O)C(O)[C@H]1O[C@H]1CO. The van der Waals surface area contributed by atoms with Gasteiger partial charge in [-0.1, -0.05) is 30.4 Å². The quantitative estimate of drug-likeness (QED) is 0.252. The number of carbonyl (C=O) groups excluding carboxylic acids is 1. The Balaban J connectivity index is 2.48. The van der Waals surface area contributed by atoms with Crippen molar-refractivity contribution >= 4 is 6.29 Å². The highest BCUT2D eigenvalue weighted by molar-refractivity contribution is 5.77. The molecule has 100 valence electrons. The monoisotopic (exact) mass is 254 g/mol. The van der Waals surface area contributed by atoms with E-state index in [9.17, 15) is 15.0 Å². The third-order valence-corrected chi connectivity index (χ3v) is 2.58. The van der Waals surface area contributed by atoms with Crippen molar-refractivity contribution in [2.24, 2.45) is 0 Å². The predicted octanol–water partition coefficient (Wildman–Crippen LogP) is -0.275. The molecule has 0 aromatic heterocycles. The standard InChI is InChI=1S/C13H18O5/c1-2-4-9(7-14)5-3-6-10(16)12(17)13-11(8-15)18-13/h2-7,10-13,15-17H,8H2,1H3/b4-2+,6-3+,9-5-/t10?,11-,12?,13-/m0/s1. The zero-order valence-corrected chi connectivity index (χ0v) is 10.1. The van der Waals surface area contributed by atoms with E-state index in [0.29, 0.717) is 11.9 Å². The van der Waals surface area contributed by atoms with E-state index in [-0.39, 0.29) is 6.61 Å². The summed E-state index contributed by atoms with van der Waals surface area (Å²) in [5.74, 6) is 0. The maximum atomic E-state index is 10.6. The van der Waals surface area contributed by atoms with E-state index in [1.807, 2.05) is 0 Å². The molecule has 1 rings (SSSR count). The number of carbonyl (C=O) groups is 1. The van der Waals surface area contributed by atoms with Crippen molar-refractivity contribution < 1.29 is 24.9 Å². The molecule has 0 bridgehead atoms. The lowest BCUT2D eigenvalue weighted by atomic mass is 10.1. The highest BCUT2D eigenvalue weighted by Gasteiger charge is 2.45. The lowest BCUT2D eigenvalue weighted by Gasteiger charge is -2.11.